The molecule has 0 radical (unpaired) electrons. The summed E-state index contributed by atoms with van der Waals surface area (Å²) >= 11 is 0. The van der Waals surface area contributed by atoms with Crippen LogP contribution in [0.15, 0.2) is 18.5 Å². The molecule has 0 amide bonds. The third-order valence-electron chi connectivity index (χ3n) is 1.56. The Hall–Kier alpha value is -1.09. The van der Waals surface area contributed by atoms with E-state index in [0.717, 1.165) is 12.2 Å². The molecule has 0 atom stereocenters. The molecule has 1 rings (SSSR count). The van der Waals surface area contributed by atoms with Crippen LogP contribution < -0.4 is 10.5 Å². The molecule has 12 heavy (non-hydrogen) atoms. The Bertz CT molecular complexity index is 238. The Morgan fingerprint density at radius 2 is 2.33 bits per heavy atom. The van der Waals surface area contributed by atoms with Crippen molar-refractivity contribution in [1.82, 2.24) is 4.98 Å². The summed E-state index contributed by atoms with van der Waals surface area (Å²) in [6, 6.07) is 1.99. The van der Waals surface area contributed by atoms with Crippen LogP contribution in [0.1, 0.15) is 12.5 Å². The third-order valence-corrected chi connectivity index (χ3v) is 1.56. The Balaban J connectivity index is 2.60. The molecule has 66 valence electrons. The molecular formula is C9H14N2O. The predicted molar refractivity (Wildman–Crippen MR) is 48.2 cm³/mol. The number of nitrogens with two attached hydrogens (primary N) is 1. The smallest absolute Gasteiger partial charge is 0.137 e. The summed E-state index contributed by atoms with van der Waals surface area (Å²) in [4.78, 5) is 4.04. The van der Waals surface area contributed by atoms with Gasteiger partial charge in [-0.3, -0.25) is 4.98 Å². The summed E-state index contributed by atoms with van der Waals surface area (Å²) in [6.07, 6.45) is 4.52. The first-order chi connectivity index (χ1) is 5.86. The lowest BCUT2D eigenvalue weighted by Gasteiger charge is -2.04. The van der Waals surface area contributed by atoms with Crippen LogP contribution in [0.3, 0.4) is 0 Å². The average molecular weight is 166 g/mol. The number of hydrogen-bond acceptors (Lipinski definition) is 3. The lowest BCUT2D eigenvalue weighted by atomic mass is 10.2. The van der Waals surface area contributed by atoms with Crippen molar-refractivity contribution in [3.8, 4) is 5.75 Å². The van der Waals surface area contributed by atoms with Crippen molar-refractivity contribution in [2.24, 2.45) is 5.73 Å². The quantitative estimate of drug-likeness (QED) is 0.725. The van der Waals surface area contributed by atoms with E-state index in [2.05, 4.69) is 11.9 Å². The maximum atomic E-state index is 5.31. The first kappa shape index (κ1) is 9.00. The second kappa shape index (κ2) is 4.72. The molecule has 1 aromatic rings. The van der Waals surface area contributed by atoms with Crippen molar-refractivity contribution in [2.75, 3.05) is 13.2 Å². The highest BCUT2D eigenvalue weighted by Gasteiger charge is 1.94. The highest BCUT2D eigenvalue weighted by Crippen LogP contribution is 2.10. The van der Waals surface area contributed by atoms with Crippen LogP contribution in [-0.4, -0.2) is 18.1 Å². The van der Waals surface area contributed by atoms with E-state index in [-0.39, 0.29) is 0 Å². The fraction of sp³-hybridized carbons (Fsp3) is 0.444. The van der Waals surface area contributed by atoms with Crippen molar-refractivity contribution in [3.05, 3.63) is 24.0 Å². The largest absolute Gasteiger partial charge is 0.491 e. The van der Waals surface area contributed by atoms with Crippen molar-refractivity contribution >= 4 is 0 Å². The van der Waals surface area contributed by atoms with E-state index in [4.69, 9.17) is 10.5 Å². The maximum absolute atomic E-state index is 5.31. The van der Waals surface area contributed by atoms with E-state index in [1.165, 1.54) is 5.56 Å². The molecule has 0 bridgehead atoms. The summed E-state index contributed by atoms with van der Waals surface area (Å²) in [5.41, 5.74) is 6.49. The van der Waals surface area contributed by atoms with E-state index >= 15 is 0 Å². The van der Waals surface area contributed by atoms with E-state index in [1.807, 2.05) is 12.3 Å². The Kier molecular flexibility index (Phi) is 3.54. The van der Waals surface area contributed by atoms with Gasteiger partial charge in [0.05, 0.1) is 6.20 Å². The standard InChI is InChI=1S/C9H14N2O/c1-2-8-5-9(7-11-6-8)12-4-3-10/h5-7H,2-4,10H2,1H3. The zero-order valence-corrected chi connectivity index (χ0v) is 7.29. The summed E-state index contributed by atoms with van der Waals surface area (Å²) in [6.45, 7) is 3.18. The maximum Gasteiger partial charge on any atom is 0.137 e. The van der Waals surface area contributed by atoms with Crippen molar-refractivity contribution in [1.29, 1.82) is 0 Å². The van der Waals surface area contributed by atoms with Crippen LogP contribution in [0.25, 0.3) is 0 Å². The van der Waals surface area contributed by atoms with Crippen LogP contribution in [0.2, 0.25) is 0 Å². The second-order valence-electron chi connectivity index (χ2n) is 2.52. The van der Waals surface area contributed by atoms with E-state index < -0.39 is 0 Å². The molecular weight excluding hydrogens is 152 g/mol. The van der Waals surface area contributed by atoms with E-state index in [1.54, 1.807) is 6.20 Å². The SMILES string of the molecule is CCc1cncc(OCCN)c1. The molecule has 0 aliphatic carbocycles. The minimum absolute atomic E-state index is 0.538. The lowest BCUT2D eigenvalue weighted by Crippen LogP contribution is -2.10. The fourth-order valence-electron chi connectivity index (χ4n) is 0.913. The second-order valence-corrected chi connectivity index (χ2v) is 2.52. The van der Waals surface area contributed by atoms with E-state index in [0.29, 0.717) is 13.2 Å². The van der Waals surface area contributed by atoms with Crippen molar-refractivity contribution < 1.29 is 4.74 Å². The van der Waals surface area contributed by atoms with Crippen LogP contribution in [-0.2, 0) is 6.42 Å². The summed E-state index contributed by atoms with van der Waals surface area (Å²) in [7, 11) is 0. The number of nitrogens with zero attached hydrogens (tertiary/aromatic N) is 1. The molecule has 0 fully saturated rings. The molecule has 3 heteroatoms. The summed E-state index contributed by atoms with van der Waals surface area (Å²) in [5.74, 6) is 0.805. The number of hydrogen-bond donors (Lipinski definition) is 1. The molecule has 0 saturated heterocycles. The van der Waals surface area contributed by atoms with E-state index in [9.17, 15) is 0 Å². The molecule has 1 heterocycles. The molecule has 0 aliphatic heterocycles. The summed E-state index contributed by atoms with van der Waals surface area (Å²) in [5, 5.41) is 0. The van der Waals surface area contributed by atoms with Crippen LogP contribution in [0.4, 0.5) is 0 Å². The van der Waals surface area contributed by atoms with Gasteiger partial charge in [-0.1, -0.05) is 6.92 Å². The van der Waals surface area contributed by atoms with Crippen molar-refractivity contribution in [3.63, 3.8) is 0 Å². The number of ether oxygens (including phenoxy) is 1. The zero-order chi connectivity index (χ0) is 8.81. The van der Waals surface area contributed by atoms with Gasteiger partial charge in [-0.15, -0.1) is 0 Å². The lowest BCUT2D eigenvalue weighted by molar-refractivity contribution is 0.326. The average Bonchev–Trinajstić information content (AvgIpc) is 2.15. The molecule has 0 saturated carbocycles. The number of rotatable bonds is 4. The van der Waals surface area contributed by atoms with Gasteiger partial charge in [0.15, 0.2) is 0 Å². The molecule has 0 unspecified atom stereocenters. The molecule has 3 nitrogen and oxygen atoms in total. The molecule has 0 spiro atoms. The minimum atomic E-state index is 0.538. The number of aryl methyl sites for hydroxylation is 1. The molecule has 2 N–H and O–H groups in total. The first-order valence-corrected chi connectivity index (χ1v) is 4.13. The molecule has 0 aromatic carbocycles. The van der Waals surface area contributed by atoms with Gasteiger partial charge in [-0.2, -0.15) is 0 Å². The highest BCUT2D eigenvalue weighted by molar-refractivity contribution is 5.23. The topological polar surface area (TPSA) is 48.1 Å². The molecule has 1 aromatic heterocycles. The van der Waals surface area contributed by atoms with Gasteiger partial charge in [0.1, 0.15) is 12.4 Å². The normalized spacial score (nSPS) is 9.83. The fourth-order valence-corrected chi connectivity index (χ4v) is 0.913. The Morgan fingerprint density at radius 1 is 1.50 bits per heavy atom. The molecule has 0 aliphatic rings. The van der Waals surface area contributed by atoms with Gasteiger partial charge >= 0.3 is 0 Å². The summed E-state index contributed by atoms with van der Waals surface area (Å²) < 4.78 is 5.31. The minimum Gasteiger partial charge on any atom is -0.491 e. The van der Waals surface area contributed by atoms with Gasteiger partial charge in [0.25, 0.3) is 0 Å². The number of pyridine rings is 1. The predicted octanol–water partition coefficient (Wildman–Crippen LogP) is 0.982. The van der Waals surface area contributed by atoms with Crippen LogP contribution in [0.5, 0.6) is 5.75 Å². The van der Waals surface area contributed by atoms with Gasteiger partial charge < -0.3 is 10.5 Å². The van der Waals surface area contributed by atoms with Gasteiger partial charge in [0.2, 0.25) is 0 Å². The Labute approximate surface area is 72.6 Å². The van der Waals surface area contributed by atoms with Gasteiger partial charge in [-0.05, 0) is 18.1 Å². The van der Waals surface area contributed by atoms with Gasteiger partial charge in [0, 0.05) is 12.7 Å². The monoisotopic (exact) mass is 166 g/mol. The van der Waals surface area contributed by atoms with Gasteiger partial charge in [-0.25, -0.2) is 0 Å². The highest BCUT2D eigenvalue weighted by atomic mass is 16.5. The number of aromatic nitrogens is 1. The van der Waals surface area contributed by atoms with Crippen molar-refractivity contribution in [2.45, 2.75) is 13.3 Å². The zero-order valence-electron chi connectivity index (χ0n) is 7.29. The first-order valence-electron chi connectivity index (χ1n) is 4.13. The third kappa shape index (κ3) is 2.51. The van der Waals surface area contributed by atoms with Crippen LogP contribution in [0, 0.1) is 0 Å². The Morgan fingerprint density at radius 3 is 3.00 bits per heavy atom. The van der Waals surface area contributed by atoms with Crippen LogP contribution >= 0.6 is 0 Å².